The molecular formula is C127H92BF2IrN7O5P3-. The number of halogens is 2. The molecule has 0 atom stereocenters. The van der Waals surface area contributed by atoms with Gasteiger partial charge in [0.05, 0.1) is 44.1 Å². The summed E-state index contributed by atoms with van der Waals surface area (Å²) < 4.78 is 70.5. The van der Waals surface area contributed by atoms with Crippen LogP contribution in [0.2, 0.25) is 0 Å². The summed E-state index contributed by atoms with van der Waals surface area (Å²) in [6, 6.07) is 180. The number of rotatable bonds is 19. The van der Waals surface area contributed by atoms with Crippen LogP contribution >= 0.6 is 23.3 Å². The molecule has 4 aromatic heterocycles. The Hall–Kier alpha value is -17.2. The SMILES string of the molecule is Fc1c[c-]c(-c2ccccn2)c(F)c1.O=C(O)c1ccccn1.O=P(c1ccccc1)(c1ccccc1)c1ccccc1Oc1ccccc1P(=O)(c1ccccc1)c1ccccc1.[B]N=P.[Ir].c1cc(-n2c3ccccc3c3ccccc32)cc(-n2c3ccccc3c3ccccc32)c1.c1ccc(N(c2ccc(-c3ccc(N(c4ccccc4)c4cccc5ccccc45)cc3)cc2)c2cccc3ccccc23)cc1. The molecule has 24 rings (SSSR count). The molecule has 0 bridgehead atoms. The molecule has 0 saturated carbocycles. The third-order valence-corrected chi connectivity index (χ3v) is 31.1. The van der Waals surface area contributed by atoms with Crippen LogP contribution in [-0.4, -0.2) is 38.2 Å². The van der Waals surface area contributed by atoms with E-state index in [9.17, 15) is 13.6 Å². The van der Waals surface area contributed by atoms with E-state index in [0.717, 1.165) is 67.5 Å². The van der Waals surface area contributed by atoms with Crippen LogP contribution in [0, 0.1) is 17.7 Å². The molecule has 0 amide bonds. The van der Waals surface area contributed by atoms with Crippen LogP contribution in [0.15, 0.2) is 551 Å². The first kappa shape index (κ1) is 99.0. The minimum atomic E-state index is -3.32. The van der Waals surface area contributed by atoms with Crippen molar-refractivity contribution in [2.75, 3.05) is 9.80 Å². The van der Waals surface area contributed by atoms with Gasteiger partial charge in [-0.2, -0.15) is 0 Å². The number of hydrogen-bond donors (Lipinski definition) is 1. The summed E-state index contributed by atoms with van der Waals surface area (Å²) in [7, 11) is 0.338. The molecule has 20 aromatic carbocycles. The predicted molar refractivity (Wildman–Crippen MR) is 599 cm³/mol. The maximum atomic E-state index is 15.2. The fourth-order valence-corrected chi connectivity index (χ4v) is 23.9. The molecular weight excluding hydrogens is 2040 g/mol. The summed E-state index contributed by atoms with van der Waals surface area (Å²) in [5.74, 6) is -1.35. The molecule has 12 nitrogen and oxygen atoms in total. The fraction of sp³-hybridized carbons (Fsp3) is 0. The Morgan fingerprint density at radius 3 is 1.00 bits per heavy atom. The molecule has 0 unspecified atom stereocenters. The maximum Gasteiger partial charge on any atom is 0.354 e. The Labute approximate surface area is 863 Å². The molecule has 3 radical (unpaired) electrons. The van der Waals surface area contributed by atoms with Crippen molar-refractivity contribution in [3.63, 3.8) is 0 Å². The Kier molecular flexibility index (Phi) is 31.7. The summed E-state index contributed by atoms with van der Waals surface area (Å²) in [6.07, 6.45) is 3.00. The number of pyridine rings is 2. The van der Waals surface area contributed by atoms with E-state index in [1.807, 2.05) is 170 Å². The number of ether oxygens (including phenoxy) is 1. The molecule has 1 N–H and O–H groups in total. The number of aromatic carboxylic acids is 1. The predicted octanol–water partition coefficient (Wildman–Crippen LogP) is 31.2. The van der Waals surface area contributed by atoms with Crippen LogP contribution in [0.3, 0.4) is 0 Å². The van der Waals surface area contributed by atoms with Crippen molar-refractivity contribution >= 4 is 168 Å². The normalized spacial score (nSPS) is 10.9. The zero-order chi connectivity index (χ0) is 99.3. The van der Waals surface area contributed by atoms with Crippen LogP contribution in [0.1, 0.15) is 10.5 Å². The van der Waals surface area contributed by atoms with Crippen molar-refractivity contribution in [2.45, 2.75) is 0 Å². The Morgan fingerprint density at radius 1 is 0.342 bits per heavy atom. The van der Waals surface area contributed by atoms with E-state index in [0.29, 0.717) is 27.8 Å². The van der Waals surface area contributed by atoms with Crippen LogP contribution in [0.25, 0.3) is 98.9 Å². The van der Waals surface area contributed by atoms with Gasteiger partial charge >= 0.3 is 5.97 Å². The van der Waals surface area contributed by atoms with E-state index in [4.69, 9.17) is 9.84 Å². The number of carbonyl (C=O) groups is 1. The van der Waals surface area contributed by atoms with Gasteiger partial charge < -0.3 is 47.5 Å². The topological polar surface area (TPSA) is 135 Å². The second-order valence-corrected chi connectivity index (χ2v) is 39.4. The monoisotopic (exact) mass is 2130 g/mol. The minimum absolute atomic E-state index is 0. The van der Waals surface area contributed by atoms with Gasteiger partial charge in [0.1, 0.15) is 17.2 Å². The standard InChI is InChI=1S/C44H32N2.C36H28O3P2.C30H20N2.C11H6F2N.C6H5NO2.BHNP.Ir/c1-3-17-37(18-4-1)45(43-23-11-15-35-13-7-9-21-41(35)43)39-29-25-33(26-30-39)34-27-31-40(32-28-34)46(38-19-5-2-6-20-38)44-24-12-16-36-14-8-10-22-42(36)44;37-40(29-17-5-1-6-18-29,30-19-7-2-8-20-30)35-27-15-13-25-33(35)39-34-26-14-16-28-36(34)41(38,31-21-9-3-10-22-31)32-23-11-4-12-24-32;1-5-16-27-23(12-1)24-13-2-6-17-28(24)31(27)21-10-9-11-22(20-21)32-29-18-7-3-14-25(29)26-15-4-8-19-30(26)32;12-8-4-5-9(10(13)7-8)11-3-1-2-6-14-11;8-6(9)5-3-1-2-4-7-5;1-2-3;/h1-32H;1-28H;1-20H;1-4,6-7H;1-4H,(H,8,9);3H;/q;;;-1;;;. The van der Waals surface area contributed by atoms with Crippen molar-refractivity contribution in [2.24, 2.45) is 4.66 Å². The van der Waals surface area contributed by atoms with Crippen molar-refractivity contribution in [3.05, 3.63) is 570 Å². The van der Waals surface area contributed by atoms with E-state index in [2.05, 4.69) is 372 Å². The van der Waals surface area contributed by atoms with E-state index in [-0.39, 0.29) is 31.4 Å². The van der Waals surface area contributed by atoms with Gasteiger partial charge in [-0.15, -0.1) is 12.1 Å². The largest absolute Gasteiger partial charge is 0.477 e. The number of nitrogens with zero attached hydrogens (tertiary/aromatic N) is 7. The number of fused-ring (bicyclic) bond motifs is 8. The quantitative estimate of drug-likeness (QED) is 0.0477. The number of para-hydroxylation sites is 8. The van der Waals surface area contributed by atoms with Crippen LogP contribution in [0.5, 0.6) is 11.5 Å². The van der Waals surface area contributed by atoms with E-state index < -0.39 is 31.9 Å². The summed E-state index contributed by atoms with van der Waals surface area (Å²) in [5, 5.41) is 22.4. The van der Waals surface area contributed by atoms with Gasteiger partial charge in [-0.25, -0.2) is 9.78 Å². The maximum absolute atomic E-state index is 15.2. The molecule has 0 aliphatic carbocycles. The van der Waals surface area contributed by atoms with Crippen LogP contribution < -0.4 is 46.4 Å². The molecule has 146 heavy (non-hydrogen) atoms. The summed E-state index contributed by atoms with van der Waals surface area (Å²) in [5.41, 5.74) is 17.2. The first-order valence-corrected chi connectivity index (χ1v) is 50.9. The molecule has 0 aliphatic rings. The third-order valence-electron chi connectivity index (χ3n) is 24.9. The molecule has 24 aromatic rings. The Bertz CT molecular complexity index is 8090. The molecule has 0 aliphatic heterocycles. The number of carboxylic acid groups (broad SMARTS) is 1. The first-order chi connectivity index (χ1) is 71.3. The molecule has 19 heteroatoms. The van der Waals surface area contributed by atoms with E-state index in [1.54, 1.807) is 36.5 Å². The first-order valence-electron chi connectivity index (χ1n) is 47.1. The zero-order valence-electron chi connectivity index (χ0n) is 78.7. The van der Waals surface area contributed by atoms with Crippen LogP contribution in [-0.2, 0) is 29.2 Å². The Morgan fingerprint density at radius 2 is 0.651 bits per heavy atom. The van der Waals surface area contributed by atoms with Gasteiger partial charge in [0.2, 0.25) is 0 Å². The number of anilines is 6. The third kappa shape index (κ3) is 21.5. The summed E-state index contributed by atoms with van der Waals surface area (Å²) in [6.45, 7) is 0. The summed E-state index contributed by atoms with van der Waals surface area (Å²) in [4.78, 5) is 22.4. The zero-order valence-corrected chi connectivity index (χ0v) is 83.9. The molecule has 0 spiro atoms. The average Bonchev–Trinajstić information content (AvgIpc) is 0.908. The van der Waals surface area contributed by atoms with Gasteiger partial charge in [0.25, 0.3) is 7.98 Å². The van der Waals surface area contributed by atoms with Crippen molar-refractivity contribution < 1.29 is 52.7 Å². The molecule has 707 valence electrons. The minimum Gasteiger partial charge on any atom is -0.477 e. The number of carboxylic acids is 1. The van der Waals surface area contributed by atoms with Crippen LogP contribution in [0.4, 0.5) is 42.9 Å². The van der Waals surface area contributed by atoms with Crippen molar-refractivity contribution in [1.29, 1.82) is 0 Å². The fourth-order valence-electron chi connectivity index (χ4n) is 18.4. The molecule has 0 saturated heterocycles. The second kappa shape index (κ2) is 46.7. The van der Waals surface area contributed by atoms with Gasteiger partial charge in [0, 0.05) is 132 Å². The molecule has 4 heterocycles. The van der Waals surface area contributed by atoms with Crippen molar-refractivity contribution in [1.82, 2.24) is 19.1 Å². The molecule has 0 fully saturated rings. The van der Waals surface area contributed by atoms with Gasteiger partial charge in [-0.3, -0.25) is 8.78 Å². The van der Waals surface area contributed by atoms with Gasteiger partial charge in [0.15, 0.2) is 14.3 Å². The van der Waals surface area contributed by atoms with Crippen molar-refractivity contribution in [3.8, 4) is 45.3 Å². The average molecular weight is 2130 g/mol. The van der Waals surface area contributed by atoms with Gasteiger partial charge in [-0.1, -0.05) is 388 Å². The van der Waals surface area contributed by atoms with E-state index in [1.165, 1.54) is 99.9 Å². The number of hydrogen-bond acceptors (Lipinski definition) is 9. The number of benzene rings is 20. The summed E-state index contributed by atoms with van der Waals surface area (Å²) >= 11 is 0. The second-order valence-electron chi connectivity index (χ2n) is 33.7. The Balaban J connectivity index is 0.000000128. The number of aromatic nitrogens is 4. The smallest absolute Gasteiger partial charge is 0.354 e. The van der Waals surface area contributed by atoms with Gasteiger partial charge in [-0.05, 0) is 182 Å². The van der Waals surface area contributed by atoms with E-state index >= 15 is 9.13 Å².